The molecule has 134 valence electrons. The first-order valence-corrected chi connectivity index (χ1v) is 9.02. The van der Waals surface area contributed by atoms with Gasteiger partial charge in [0.15, 0.2) is 0 Å². The highest BCUT2D eigenvalue weighted by Crippen LogP contribution is 2.24. The first-order valence-electron chi connectivity index (χ1n) is 9.02. The molecule has 1 atom stereocenters. The summed E-state index contributed by atoms with van der Waals surface area (Å²) in [6.45, 7) is 8.38. The van der Waals surface area contributed by atoms with Crippen LogP contribution in [0.3, 0.4) is 0 Å². The summed E-state index contributed by atoms with van der Waals surface area (Å²) in [6.07, 6.45) is 6.34. The van der Waals surface area contributed by atoms with Crippen molar-refractivity contribution < 1.29 is 4.79 Å². The van der Waals surface area contributed by atoms with Crippen molar-refractivity contribution in [3.8, 4) is 0 Å². The lowest BCUT2D eigenvalue weighted by molar-refractivity contribution is 0.0933. The van der Waals surface area contributed by atoms with Gasteiger partial charge in [-0.2, -0.15) is 5.10 Å². The molecule has 6 heteroatoms. The van der Waals surface area contributed by atoms with Crippen LogP contribution in [0.2, 0.25) is 0 Å². The van der Waals surface area contributed by atoms with Crippen molar-refractivity contribution >= 4 is 11.7 Å². The van der Waals surface area contributed by atoms with Crippen LogP contribution in [0.1, 0.15) is 61.8 Å². The fourth-order valence-electron chi connectivity index (χ4n) is 3.27. The Morgan fingerprint density at radius 2 is 2.04 bits per heavy atom. The summed E-state index contributed by atoms with van der Waals surface area (Å²) in [5.74, 6) is 0.724. The van der Waals surface area contributed by atoms with Crippen molar-refractivity contribution in [2.24, 2.45) is 0 Å². The standard InChI is InChI=1S/C19H27N5O/c1-12(2)22-18-8-6-15(10-20-18)19(25)23-16-7-5-14-11-21-24(13(3)4)17(14)9-16/h6,8,10-13,16H,5,7,9H2,1-4H3,(H,20,22)(H,23,25). The second-order valence-electron chi connectivity index (χ2n) is 7.30. The summed E-state index contributed by atoms with van der Waals surface area (Å²) in [4.78, 5) is 16.8. The zero-order valence-corrected chi connectivity index (χ0v) is 15.4. The van der Waals surface area contributed by atoms with Crippen molar-refractivity contribution in [2.75, 3.05) is 5.32 Å². The summed E-state index contributed by atoms with van der Waals surface area (Å²) >= 11 is 0. The molecule has 0 spiro atoms. The van der Waals surface area contributed by atoms with Gasteiger partial charge in [-0.1, -0.05) is 0 Å². The molecule has 0 saturated carbocycles. The molecule has 25 heavy (non-hydrogen) atoms. The first kappa shape index (κ1) is 17.5. The summed E-state index contributed by atoms with van der Waals surface area (Å²) in [5, 5.41) is 10.9. The van der Waals surface area contributed by atoms with Crippen LogP contribution in [0.15, 0.2) is 24.5 Å². The lowest BCUT2D eigenvalue weighted by Crippen LogP contribution is -2.39. The monoisotopic (exact) mass is 341 g/mol. The SMILES string of the molecule is CC(C)Nc1ccc(C(=O)NC2CCc3cnn(C(C)C)c3C2)cn1. The number of nitrogens with one attached hydrogen (secondary N) is 2. The highest BCUT2D eigenvalue weighted by atomic mass is 16.1. The minimum Gasteiger partial charge on any atom is -0.368 e. The van der Waals surface area contributed by atoms with Crippen LogP contribution in [0.4, 0.5) is 5.82 Å². The number of pyridine rings is 1. The number of hydrogen-bond acceptors (Lipinski definition) is 4. The number of anilines is 1. The number of carbonyl (C=O) groups excluding carboxylic acids is 1. The Hall–Kier alpha value is -2.37. The Kier molecular flexibility index (Phi) is 5.06. The molecule has 1 aliphatic rings. The lowest BCUT2D eigenvalue weighted by atomic mass is 9.93. The summed E-state index contributed by atoms with van der Waals surface area (Å²) in [7, 11) is 0. The van der Waals surface area contributed by atoms with Crippen LogP contribution in [0.25, 0.3) is 0 Å². The third-order valence-electron chi connectivity index (χ3n) is 4.47. The largest absolute Gasteiger partial charge is 0.368 e. The Morgan fingerprint density at radius 1 is 1.24 bits per heavy atom. The van der Waals surface area contributed by atoms with Gasteiger partial charge in [0.2, 0.25) is 0 Å². The van der Waals surface area contributed by atoms with Gasteiger partial charge in [-0.3, -0.25) is 9.48 Å². The van der Waals surface area contributed by atoms with Gasteiger partial charge < -0.3 is 10.6 Å². The van der Waals surface area contributed by atoms with Gasteiger partial charge in [0.05, 0.1) is 11.8 Å². The van der Waals surface area contributed by atoms with Gasteiger partial charge in [0, 0.05) is 36.4 Å². The number of aryl methyl sites for hydroxylation is 1. The third-order valence-corrected chi connectivity index (χ3v) is 4.47. The van der Waals surface area contributed by atoms with E-state index in [2.05, 4.69) is 53.1 Å². The number of rotatable bonds is 5. The molecule has 0 aliphatic heterocycles. The van der Waals surface area contributed by atoms with Crippen LogP contribution < -0.4 is 10.6 Å². The minimum absolute atomic E-state index is 0.0624. The number of aromatic nitrogens is 3. The van der Waals surface area contributed by atoms with E-state index in [0.717, 1.165) is 25.1 Å². The van der Waals surface area contributed by atoms with Crippen LogP contribution in [0.5, 0.6) is 0 Å². The second kappa shape index (κ2) is 7.25. The van der Waals surface area contributed by atoms with E-state index in [1.165, 1.54) is 11.3 Å². The van der Waals surface area contributed by atoms with Gasteiger partial charge in [0.1, 0.15) is 5.82 Å². The van der Waals surface area contributed by atoms with Gasteiger partial charge in [-0.15, -0.1) is 0 Å². The molecule has 6 nitrogen and oxygen atoms in total. The number of amides is 1. The molecule has 2 aromatic rings. The van der Waals surface area contributed by atoms with Crippen molar-refractivity contribution in [1.29, 1.82) is 0 Å². The van der Waals surface area contributed by atoms with Crippen molar-refractivity contribution in [3.05, 3.63) is 41.3 Å². The Balaban J connectivity index is 1.64. The first-order chi connectivity index (χ1) is 11.9. The molecule has 0 fully saturated rings. The van der Waals surface area contributed by atoms with Crippen LogP contribution in [0, 0.1) is 0 Å². The van der Waals surface area contributed by atoms with E-state index in [1.807, 2.05) is 18.3 Å². The number of fused-ring (bicyclic) bond motifs is 1. The van der Waals surface area contributed by atoms with Crippen molar-refractivity contribution in [1.82, 2.24) is 20.1 Å². The maximum Gasteiger partial charge on any atom is 0.253 e. The normalized spacial score (nSPS) is 16.8. The maximum atomic E-state index is 12.5. The van der Waals surface area contributed by atoms with Gasteiger partial charge in [-0.05, 0) is 58.2 Å². The molecule has 0 aromatic carbocycles. The number of hydrogen-bond donors (Lipinski definition) is 2. The highest BCUT2D eigenvalue weighted by molar-refractivity contribution is 5.94. The van der Waals surface area contributed by atoms with E-state index in [9.17, 15) is 4.79 Å². The lowest BCUT2D eigenvalue weighted by Gasteiger charge is -2.25. The smallest absolute Gasteiger partial charge is 0.253 e. The number of nitrogens with zero attached hydrogens (tertiary/aromatic N) is 3. The topological polar surface area (TPSA) is 71.8 Å². The average Bonchev–Trinajstić information content (AvgIpc) is 2.98. The molecular weight excluding hydrogens is 314 g/mol. The molecule has 1 unspecified atom stereocenters. The van der Waals surface area contributed by atoms with E-state index < -0.39 is 0 Å². The van der Waals surface area contributed by atoms with Crippen molar-refractivity contribution in [2.45, 2.75) is 65.1 Å². The summed E-state index contributed by atoms with van der Waals surface area (Å²) in [6, 6.07) is 4.46. The molecular formula is C19H27N5O. The molecule has 0 saturated heterocycles. The maximum absolute atomic E-state index is 12.5. The quantitative estimate of drug-likeness (QED) is 0.877. The summed E-state index contributed by atoms with van der Waals surface area (Å²) in [5.41, 5.74) is 3.16. The minimum atomic E-state index is -0.0624. The fraction of sp³-hybridized carbons (Fsp3) is 0.526. The van der Waals surface area contributed by atoms with Gasteiger partial charge in [0.25, 0.3) is 5.91 Å². The van der Waals surface area contributed by atoms with E-state index in [0.29, 0.717) is 17.6 Å². The highest BCUT2D eigenvalue weighted by Gasteiger charge is 2.25. The van der Waals surface area contributed by atoms with E-state index >= 15 is 0 Å². The molecule has 1 amide bonds. The van der Waals surface area contributed by atoms with Gasteiger partial charge >= 0.3 is 0 Å². The van der Waals surface area contributed by atoms with Gasteiger partial charge in [-0.25, -0.2) is 4.98 Å². The van der Waals surface area contributed by atoms with Crippen LogP contribution in [-0.2, 0) is 12.8 Å². The summed E-state index contributed by atoms with van der Waals surface area (Å²) < 4.78 is 2.07. The Bertz CT molecular complexity index is 733. The van der Waals surface area contributed by atoms with E-state index in [4.69, 9.17) is 0 Å². The average molecular weight is 341 g/mol. The van der Waals surface area contributed by atoms with E-state index in [1.54, 1.807) is 6.20 Å². The predicted octanol–water partition coefficient (Wildman–Crippen LogP) is 2.97. The molecule has 3 rings (SSSR count). The van der Waals surface area contributed by atoms with E-state index in [-0.39, 0.29) is 11.9 Å². The predicted molar refractivity (Wildman–Crippen MR) is 98.9 cm³/mol. The zero-order chi connectivity index (χ0) is 18.0. The molecule has 1 aliphatic carbocycles. The molecule has 2 N–H and O–H groups in total. The second-order valence-corrected chi connectivity index (χ2v) is 7.30. The fourth-order valence-corrected chi connectivity index (χ4v) is 3.27. The van der Waals surface area contributed by atoms with Crippen LogP contribution >= 0.6 is 0 Å². The molecule has 2 heterocycles. The van der Waals surface area contributed by atoms with Crippen molar-refractivity contribution in [3.63, 3.8) is 0 Å². The van der Waals surface area contributed by atoms with Crippen LogP contribution in [-0.4, -0.2) is 32.8 Å². The number of carbonyl (C=O) groups is 1. The molecule has 2 aromatic heterocycles. The molecule has 0 bridgehead atoms. The Labute approximate surface area is 149 Å². The molecule has 0 radical (unpaired) electrons. The zero-order valence-electron chi connectivity index (χ0n) is 15.4. The Morgan fingerprint density at radius 3 is 2.68 bits per heavy atom. The third kappa shape index (κ3) is 4.00.